The van der Waals surface area contributed by atoms with Crippen LogP contribution in [0, 0.1) is 17.0 Å². The number of methoxy groups -OCH3 is 1. The van der Waals surface area contributed by atoms with Gasteiger partial charge in [-0.25, -0.2) is 4.90 Å². The van der Waals surface area contributed by atoms with E-state index in [1.54, 1.807) is 36.4 Å². The fourth-order valence-corrected chi connectivity index (χ4v) is 3.47. The summed E-state index contributed by atoms with van der Waals surface area (Å²) in [6.45, 7) is 1.91. The molecular formula is C24H19N3O5. The maximum Gasteiger partial charge on any atom is 0.282 e. The lowest BCUT2D eigenvalue weighted by Gasteiger charge is -2.16. The van der Waals surface area contributed by atoms with Crippen molar-refractivity contribution in [1.29, 1.82) is 0 Å². The molecule has 0 bridgehead atoms. The number of hydrogen-bond donors (Lipinski definition) is 1. The van der Waals surface area contributed by atoms with E-state index in [1.165, 1.54) is 31.4 Å². The number of carbonyl (C=O) groups is 2. The van der Waals surface area contributed by atoms with E-state index in [2.05, 4.69) is 5.32 Å². The SMILES string of the molecule is COc1ccccc1NC1=C(c2ccc([N+](=O)[O-])cc2)C(=O)N(c2ccc(C)cc2)C1=O. The van der Waals surface area contributed by atoms with E-state index >= 15 is 0 Å². The number of nitrogens with one attached hydrogen (secondary N) is 1. The van der Waals surface area contributed by atoms with Gasteiger partial charge in [-0.05, 0) is 48.9 Å². The summed E-state index contributed by atoms with van der Waals surface area (Å²) in [7, 11) is 1.51. The van der Waals surface area contributed by atoms with Crippen LogP contribution in [0.3, 0.4) is 0 Å². The molecule has 1 aliphatic heterocycles. The van der Waals surface area contributed by atoms with Gasteiger partial charge in [-0.1, -0.05) is 29.8 Å². The van der Waals surface area contributed by atoms with Crippen LogP contribution in [0.15, 0.2) is 78.5 Å². The predicted octanol–water partition coefficient (Wildman–Crippen LogP) is 4.31. The average molecular weight is 429 g/mol. The predicted molar refractivity (Wildman–Crippen MR) is 120 cm³/mol. The number of amides is 2. The molecule has 0 saturated heterocycles. The van der Waals surface area contributed by atoms with E-state index in [4.69, 9.17) is 4.74 Å². The number of hydrogen-bond acceptors (Lipinski definition) is 6. The molecule has 0 radical (unpaired) electrons. The van der Waals surface area contributed by atoms with Crippen molar-refractivity contribution in [2.75, 3.05) is 17.3 Å². The van der Waals surface area contributed by atoms with Gasteiger partial charge >= 0.3 is 0 Å². The molecule has 8 nitrogen and oxygen atoms in total. The van der Waals surface area contributed by atoms with E-state index in [0.29, 0.717) is 22.7 Å². The molecule has 3 aromatic carbocycles. The minimum absolute atomic E-state index is 0.0638. The molecule has 1 heterocycles. The number of ether oxygens (including phenoxy) is 1. The number of anilines is 2. The molecule has 0 fully saturated rings. The van der Waals surface area contributed by atoms with Crippen molar-refractivity contribution < 1.29 is 19.2 Å². The normalized spacial score (nSPS) is 13.5. The third kappa shape index (κ3) is 3.69. The second-order valence-electron chi connectivity index (χ2n) is 7.16. The first-order valence-electron chi connectivity index (χ1n) is 9.75. The number of nitro groups is 1. The third-order valence-electron chi connectivity index (χ3n) is 5.11. The lowest BCUT2D eigenvalue weighted by Crippen LogP contribution is -2.32. The standard InChI is InChI=1S/C24H19N3O5/c1-15-7-11-17(12-8-15)26-23(28)21(16-9-13-18(14-10-16)27(30)31)22(24(26)29)25-19-5-3-4-6-20(19)32-2/h3-14,25H,1-2H3. The van der Waals surface area contributed by atoms with Crippen molar-refractivity contribution >= 4 is 34.4 Å². The molecule has 1 N–H and O–H groups in total. The van der Waals surface area contributed by atoms with E-state index in [9.17, 15) is 19.7 Å². The second kappa shape index (κ2) is 8.35. The van der Waals surface area contributed by atoms with Crippen molar-refractivity contribution in [1.82, 2.24) is 0 Å². The molecule has 0 unspecified atom stereocenters. The summed E-state index contributed by atoms with van der Waals surface area (Å²) in [5.74, 6) is -0.555. The van der Waals surface area contributed by atoms with E-state index in [-0.39, 0.29) is 17.0 Å². The Morgan fingerprint density at radius 2 is 1.56 bits per heavy atom. The highest BCUT2D eigenvalue weighted by atomic mass is 16.6. The summed E-state index contributed by atoms with van der Waals surface area (Å²) in [5.41, 5.74) is 2.40. The number of aryl methyl sites for hydroxylation is 1. The topological polar surface area (TPSA) is 102 Å². The van der Waals surface area contributed by atoms with Crippen molar-refractivity contribution in [2.24, 2.45) is 0 Å². The van der Waals surface area contributed by atoms with Gasteiger partial charge < -0.3 is 10.1 Å². The highest BCUT2D eigenvalue weighted by Crippen LogP contribution is 2.36. The number of carbonyl (C=O) groups excluding carboxylic acids is 2. The van der Waals surface area contributed by atoms with Crippen LogP contribution in [0.1, 0.15) is 11.1 Å². The monoisotopic (exact) mass is 429 g/mol. The first-order valence-corrected chi connectivity index (χ1v) is 9.75. The largest absolute Gasteiger partial charge is 0.495 e. The number of imide groups is 1. The third-order valence-corrected chi connectivity index (χ3v) is 5.11. The van der Waals surface area contributed by atoms with Gasteiger partial charge in [0.1, 0.15) is 11.4 Å². The van der Waals surface area contributed by atoms with Crippen LogP contribution in [0.4, 0.5) is 17.1 Å². The highest BCUT2D eigenvalue weighted by Gasteiger charge is 2.40. The molecule has 3 aromatic rings. The molecule has 1 aliphatic rings. The Kier molecular flexibility index (Phi) is 5.43. The Labute approximate surface area is 183 Å². The Hall–Kier alpha value is -4.46. The lowest BCUT2D eigenvalue weighted by atomic mass is 10.0. The van der Waals surface area contributed by atoms with Crippen LogP contribution in [0.25, 0.3) is 5.57 Å². The number of benzene rings is 3. The molecule has 160 valence electrons. The van der Waals surface area contributed by atoms with Crippen LogP contribution >= 0.6 is 0 Å². The van der Waals surface area contributed by atoms with Gasteiger partial charge in [0.15, 0.2) is 0 Å². The van der Waals surface area contributed by atoms with Gasteiger partial charge in [-0.3, -0.25) is 19.7 Å². The molecular weight excluding hydrogens is 410 g/mol. The Morgan fingerprint density at radius 1 is 0.906 bits per heavy atom. The number of nitro benzene ring substituents is 1. The number of rotatable bonds is 6. The zero-order valence-electron chi connectivity index (χ0n) is 17.4. The highest BCUT2D eigenvalue weighted by molar-refractivity contribution is 6.46. The molecule has 0 spiro atoms. The van der Waals surface area contributed by atoms with Crippen LogP contribution < -0.4 is 15.0 Å². The van der Waals surface area contributed by atoms with Gasteiger partial charge in [0.25, 0.3) is 17.5 Å². The summed E-state index contributed by atoms with van der Waals surface area (Å²) in [4.78, 5) is 38.4. The summed E-state index contributed by atoms with van der Waals surface area (Å²) in [5, 5.41) is 14.1. The lowest BCUT2D eigenvalue weighted by molar-refractivity contribution is -0.384. The van der Waals surface area contributed by atoms with Crippen LogP contribution in [0.5, 0.6) is 5.75 Å². The number of non-ortho nitro benzene ring substituents is 1. The Bertz CT molecular complexity index is 1250. The van der Waals surface area contributed by atoms with Crippen LogP contribution in [-0.4, -0.2) is 23.8 Å². The first kappa shape index (κ1) is 20.8. The van der Waals surface area contributed by atoms with Gasteiger partial charge in [0.05, 0.1) is 29.0 Å². The fraction of sp³-hybridized carbons (Fsp3) is 0.0833. The zero-order chi connectivity index (χ0) is 22.8. The average Bonchev–Trinajstić information content (AvgIpc) is 3.04. The van der Waals surface area contributed by atoms with Crippen LogP contribution in [0.2, 0.25) is 0 Å². The first-order chi connectivity index (χ1) is 15.4. The molecule has 0 saturated carbocycles. The Balaban J connectivity index is 1.83. The molecule has 0 aromatic heterocycles. The number of nitrogens with zero attached hydrogens (tertiary/aromatic N) is 2. The molecule has 0 atom stereocenters. The van der Waals surface area contributed by atoms with Gasteiger partial charge in [0, 0.05) is 12.1 Å². The smallest absolute Gasteiger partial charge is 0.282 e. The molecule has 8 heteroatoms. The summed E-state index contributed by atoms with van der Waals surface area (Å²) < 4.78 is 5.36. The van der Waals surface area contributed by atoms with Gasteiger partial charge in [0.2, 0.25) is 0 Å². The molecule has 0 aliphatic carbocycles. The van der Waals surface area contributed by atoms with Crippen molar-refractivity contribution in [2.45, 2.75) is 6.92 Å². The van der Waals surface area contributed by atoms with Gasteiger partial charge in [-0.15, -0.1) is 0 Å². The van der Waals surface area contributed by atoms with Crippen molar-refractivity contribution in [3.8, 4) is 5.75 Å². The maximum absolute atomic E-state index is 13.4. The van der Waals surface area contributed by atoms with E-state index in [0.717, 1.165) is 10.5 Å². The van der Waals surface area contributed by atoms with Crippen LogP contribution in [-0.2, 0) is 9.59 Å². The molecule has 2 amide bonds. The quantitative estimate of drug-likeness (QED) is 0.356. The number of para-hydroxylation sites is 2. The maximum atomic E-state index is 13.4. The van der Waals surface area contributed by atoms with E-state index < -0.39 is 16.7 Å². The van der Waals surface area contributed by atoms with Crippen molar-refractivity contribution in [3.05, 3.63) is 99.7 Å². The second-order valence-corrected chi connectivity index (χ2v) is 7.16. The summed E-state index contributed by atoms with van der Waals surface area (Å²) in [6.07, 6.45) is 0. The fourth-order valence-electron chi connectivity index (χ4n) is 3.47. The summed E-state index contributed by atoms with van der Waals surface area (Å²) in [6, 6.07) is 19.6. The molecule has 4 rings (SSSR count). The van der Waals surface area contributed by atoms with Gasteiger partial charge in [-0.2, -0.15) is 0 Å². The Morgan fingerprint density at radius 3 is 2.19 bits per heavy atom. The minimum atomic E-state index is -0.530. The summed E-state index contributed by atoms with van der Waals surface area (Å²) >= 11 is 0. The minimum Gasteiger partial charge on any atom is -0.495 e. The van der Waals surface area contributed by atoms with Crippen molar-refractivity contribution in [3.63, 3.8) is 0 Å². The van der Waals surface area contributed by atoms with E-state index in [1.807, 2.05) is 19.1 Å². The molecule has 32 heavy (non-hydrogen) atoms. The zero-order valence-corrected chi connectivity index (χ0v) is 17.4.